The second kappa shape index (κ2) is 12.6. The molecular formula is C29H35N3O5S. The molecule has 0 heterocycles. The van der Waals surface area contributed by atoms with E-state index in [1.54, 1.807) is 50.4 Å². The molecule has 1 atom stereocenters. The van der Waals surface area contributed by atoms with Gasteiger partial charge in [0.1, 0.15) is 18.3 Å². The van der Waals surface area contributed by atoms with Crippen LogP contribution in [0.15, 0.2) is 77.7 Å². The number of methoxy groups -OCH3 is 1. The van der Waals surface area contributed by atoms with Gasteiger partial charge in [0.05, 0.1) is 17.7 Å². The number of carbonyl (C=O) groups excluding carboxylic acids is 2. The highest BCUT2D eigenvalue weighted by atomic mass is 32.2. The summed E-state index contributed by atoms with van der Waals surface area (Å²) in [4.78, 5) is 28.3. The van der Waals surface area contributed by atoms with Gasteiger partial charge in [-0.25, -0.2) is 8.42 Å². The second-order valence-corrected chi connectivity index (χ2v) is 10.9. The summed E-state index contributed by atoms with van der Waals surface area (Å²) < 4.78 is 34.1. The molecule has 0 aromatic heterocycles. The zero-order chi connectivity index (χ0) is 27.9. The number of nitrogens with zero attached hydrogens (tertiary/aromatic N) is 2. The van der Waals surface area contributed by atoms with Crippen LogP contribution in [-0.4, -0.2) is 51.9 Å². The molecule has 2 amide bonds. The van der Waals surface area contributed by atoms with Crippen molar-refractivity contribution in [1.29, 1.82) is 0 Å². The molecule has 0 saturated heterocycles. The van der Waals surface area contributed by atoms with Crippen LogP contribution < -0.4 is 14.4 Å². The largest absolute Gasteiger partial charge is 0.497 e. The van der Waals surface area contributed by atoms with Crippen molar-refractivity contribution in [3.05, 3.63) is 89.5 Å². The van der Waals surface area contributed by atoms with Crippen LogP contribution in [0.1, 0.15) is 30.0 Å². The number of benzene rings is 3. The van der Waals surface area contributed by atoms with Gasteiger partial charge in [-0.2, -0.15) is 0 Å². The molecule has 1 N–H and O–H groups in total. The predicted molar refractivity (Wildman–Crippen MR) is 149 cm³/mol. The number of carbonyl (C=O) groups is 2. The number of nitrogens with one attached hydrogen (secondary N) is 1. The molecule has 3 rings (SSSR count). The summed E-state index contributed by atoms with van der Waals surface area (Å²) in [6, 6.07) is 19.9. The van der Waals surface area contributed by atoms with E-state index in [2.05, 4.69) is 5.32 Å². The number of aryl methyl sites for hydroxylation is 2. The first-order chi connectivity index (χ1) is 18.1. The Hall–Kier alpha value is -3.85. The molecule has 8 nitrogen and oxygen atoms in total. The smallest absolute Gasteiger partial charge is 0.264 e. The number of anilines is 1. The van der Waals surface area contributed by atoms with Crippen LogP contribution in [0.3, 0.4) is 0 Å². The average Bonchev–Trinajstić information content (AvgIpc) is 2.93. The molecule has 0 aliphatic heterocycles. The highest BCUT2D eigenvalue weighted by Gasteiger charge is 2.33. The van der Waals surface area contributed by atoms with Crippen molar-refractivity contribution in [3.8, 4) is 5.75 Å². The molecule has 0 aliphatic carbocycles. The summed E-state index contributed by atoms with van der Waals surface area (Å²) in [5.74, 6) is -0.143. The van der Waals surface area contributed by atoms with Crippen molar-refractivity contribution in [2.75, 3.05) is 25.0 Å². The fourth-order valence-corrected chi connectivity index (χ4v) is 5.73. The van der Waals surface area contributed by atoms with Gasteiger partial charge in [-0.15, -0.1) is 0 Å². The molecule has 0 fully saturated rings. The number of rotatable bonds is 11. The van der Waals surface area contributed by atoms with Crippen molar-refractivity contribution >= 4 is 27.5 Å². The molecule has 0 radical (unpaired) electrons. The Morgan fingerprint density at radius 1 is 0.974 bits per heavy atom. The lowest BCUT2D eigenvalue weighted by atomic mass is 10.1. The van der Waals surface area contributed by atoms with Crippen molar-refractivity contribution < 1.29 is 22.7 Å². The van der Waals surface area contributed by atoms with Crippen LogP contribution in [0.4, 0.5) is 5.69 Å². The average molecular weight is 538 g/mol. The van der Waals surface area contributed by atoms with E-state index in [9.17, 15) is 18.0 Å². The maximum Gasteiger partial charge on any atom is 0.264 e. The zero-order valence-corrected chi connectivity index (χ0v) is 23.3. The van der Waals surface area contributed by atoms with Gasteiger partial charge in [-0.1, -0.05) is 49.4 Å². The molecule has 38 heavy (non-hydrogen) atoms. The Morgan fingerprint density at radius 3 is 2.21 bits per heavy atom. The first-order valence-electron chi connectivity index (χ1n) is 12.4. The Morgan fingerprint density at radius 2 is 1.63 bits per heavy atom. The lowest BCUT2D eigenvalue weighted by Gasteiger charge is -2.33. The summed E-state index contributed by atoms with van der Waals surface area (Å²) in [6.45, 7) is 5.15. The Balaban J connectivity index is 2.08. The van der Waals surface area contributed by atoms with Crippen LogP contribution in [0.2, 0.25) is 0 Å². The molecule has 9 heteroatoms. The topological polar surface area (TPSA) is 96.0 Å². The molecule has 1 unspecified atom stereocenters. The van der Waals surface area contributed by atoms with Crippen molar-refractivity contribution in [2.24, 2.45) is 0 Å². The highest BCUT2D eigenvalue weighted by Crippen LogP contribution is 2.28. The van der Waals surface area contributed by atoms with Gasteiger partial charge in [-0.3, -0.25) is 13.9 Å². The number of ether oxygens (including phenoxy) is 1. The van der Waals surface area contributed by atoms with Crippen LogP contribution >= 0.6 is 0 Å². The van der Waals surface area contributed by atoms with E-state index in [-0.39, 0.29) is 17.3 Å². The number of hydrogen-bond donors (Lipinski definition) is 1. The third kappa shape index (κ3) is 6.52. The highest BCUT2D eigenvalue weighted by molar-refractivity contribution is 7.92. The lowest BCUT2D eigenvalue weighted by molar-refractivity contribution is -0.140. The first-order valence-corrected chi connectivity index (χ1v) is 13.8. The van der Waals surface area contributed by atoms with Gasteiger partial charge < -0.3 is 15.0 Å². The van der Waals surface area contributed by atoms with Gasteiger partial charge in [0.25, 0.3) is 10.0 Å². The molecule has 0 spiro atoms. The third-order valence-corrected chi connectivity index (χ3v) is 8.16. The summed E-state index contributed by atoms with van der Waals surface area (Å²) in [7, 11) is -1.01. The zero-order valence-electron chi connectivity index (χ0n) is 22.5. The fraction of sp³-hybridized carbons (Fsp3) is 0.310. The van der Waals surface area contributed by atoms with Crippen LogP contribution in [-0.2, 0) is 26.2 Å². The summed E-state index contributed by atoms with van der Waals surface area (Å²) >= 11 is 0. The van der Waals surface area contributed by atoms with Gasteiger partial charge in [0, 0.05) is 13.6 Å². The maximum atomic E-state index is 14.0. The quantitative estimate of drug-likeness (QED) is 0.398. The fourth-order valence-electron chi connectivity index (χ4n) is 4.23. The van der Waals surface area contributed by atoms with Crippen LogP contribution in [0.25, 0.3) is 0 Å². The van der Waals surface area contributed by atoms with E-state index in [0.29, 0.717) is 23.4 Å². The normalized spacial score (nSPS) is 11.9. The molecule has 202 valence electrons. The van der Waals surface area contributed by atoms with Crippen LogP contribution in [0.5, 0.6) is 5.75 Å². The second-order valence-electron chi connectivity index (χ2n) is 9.02. The number of sulfonamides is 1. The van der Waals surface area contributed by atoms with E-state index >= 15 is 0 Å². The number of hydrogen-bond acceptors (Lipinski definition) is 5. The lowest BCUT2D eigenvalue weighted by Crippen LogP contribution is -2.51. The van der Waals surface area contributed by atoms with Crippen molar-refractivity contribution in [2.45, 2.75) is 44.7 Å². The molecule has 3 aromatic rings. The Kier molecular flexibility index (Phi) is 9.52. The molecule has 3 aromatic carbocycles. The molecule has 0 bridgehead atoms. The van der Waals surface area contributed by atoms with E-state index in [1.807, 2.05) is 38.1 Å². The van der Waals surface area contributed by atoms with E-state index in [0.717, 1.165) is 15.4 Å². The van der Waals surface area contributed by atoms with E-state index in [1.165, 1.54) is 24.1 Å². The molecular weight excluding hydrogens is 502 g/mol. The van der Waals surface area contributed by atoms with Gasteiger partial charge in [0.2, 0.25) is 11.8 Å². The monoisotopic (exact) mass is 537 g/mol. The molecule has 0 saturated carbocycles. The standard InChI is InChI=1S/C29H35N3O5S/c1-6-26(29(34)30-4)31(19-23-14-16-24(37-5)17-15-23)28(33)20-32(27-18-21(2)12-13-22(27)3)38(35,36)25-10-8-7-9-11-25/h7-18,26H,6,19-20H2,1-5H3,(H,30,34). The van der Waals surface area contributed by atoms with E-state index < -0.39 is 28.5 Å². The van der Waals surface area contributed by atoms with Crippen LogP contribution in [0, 0.1) is 13.8 Å². The van der Waals surface area contributed by atoms with Gasteiger partial charge >= 0.3 is 0 Å². The minimum atomic E-state index is -4.09. The molecule has 0 aliphatic rings. The SMILES string of the molecule is CCC(C(=O)NC)N(Cc1ccc(OC)cc1)C(=O)CN(c1cc(C)ccc1C)S(=O)(=O)c1ccccc1. The van der Waals surface area contributed by atoms with Crippen molar-refractivity contribution in [1.82, 2.24) is 10.2 Å². The summed E-state index contributed by atoms with van der Waals surface area (Å²) in [5, 5.41) is 2.63. The van der Waals surface area contributed by atoms with Gasteiger partial charge in [-0.05, 0) is 67.3 Å². The first kappa shape index (κ1) is 28.7. The Bertz CT molecular complexity index is 1360. The van der Waals surface area contributed by atoms with E-state index in [4.69, 9.17) is 4.74 Å². The van der Waals surface area contributed by atoms with Crippen molar-refractivity contribution in [3.63, 3.8) is 0 Å². The minimum Gasteiger partial charge on any atom is -0.497 e. The number of likely N-dealkylation sites (N-methyl/N-ethyl adjacent to an activating group) is 1. The summed E-state index contributed by atoms with van der Waals surface area (Å²) in [5.41, 5.74) is 2.77. The summed E-state index contributed by atoms with van der Waals surface area (Å²) in [6.07, 6.45) is 0.358. The maximum absolute atomic E-state index is 14.0. The minimum absolute atomic E-state index is 0.0775. The Labute approximate surface area is 225 Å². The third-order valence-electron chi connectivity index (χ3n) is 6.39. The predicted octanol–water partition coefficient (Wildman–Crippen LogP) is 4.06. The number of amides is 2. The van der Waals surface area contributed by atoms with Gasteiger partial charge in [0.15, 0.2) is 0 Å².